The Morgan fingerprint density at radius 3 is 2.66 bits per heavy atom. The molecule has 3 rings (SSSR count). The van der Waals surface area contributed by atoms with Gasteiger partial charge in [0.05, 0.1) is 30.5 Å². The molecule has 0 bridgehead atoms. The fraction of sp³-hybridized carbons (Fsp3) is 0.393. The molecule has 0 radical (unpaired) electrons. The van der Waals surface area contributed by atoms with E-state index in [9.17, 15) is 14.4 Å². The van der Waals surface area contributed by atoms with Gasteiger partial charge in [-0.3, -0.25) is 9.20 Å². The second-order valence-electron chi connectivity index (χ2n) is 9.49. The maximum Gasteiger partial charge on any atom is 0.257 e. The summed E-state index contributed by atoms with van der Waals surface area (Å²) >= 11 is 0. The van der Waals surface area contributed by atoms with Crippen molar-refractivity contribution in [2.24, 2.45) is 5.92 Å². The molecule has 6 nitrogen and oxygen atoms in total. The van der Waals surface area contributed by atoms with E-state index in [2.05, 4.69) is 31.5 Å². The number of nitriles is 1. The molecule has 2 aromatic heterocycles. The number of benzene rings is 1. The molecule has 2 heterocycles. The van der Waals surface area contributed by atoms with E-state index in [1.165, 1.54) is 7.11 Å². The van der Waals surface area contributed by atoms with E-state index < -0.39 is 11.8 Å². The summed E-state index contributed by atoms with van der Waals surface area (Å²) in [6.07, 6.45) is 4.70. The van der Waals surface area contributed by atoms with Gasteiger partial charge >= 0.3 is 0 Å². The monoisotopic (exact) mass is 477 g/mol. The van der Waals surface area contributed by atoms with Gasteiger partial charge < -0.3 is 9.47 Å². The first kappa shape index (κ1) is 26.0. The number of pyridine rings is 1. The molecule has 0 spiro atoms. The first-order valence-electron chi connectivity index (χ1n) is 11.7. The molecule has 7 heteroatoms. The Kier molecular flexibility index (Phi) is 7.96. The van der Waals surface area contributed by atoms with Gasteiger partial charge in [-0.2, -0.15) is 9.65 Å². The van der Waals surface area contributed by atoms with Gasteiger partial charge in [0.1, 0.15) is 22.7 Å². The number of imidazole rings is 1. The van der Waals surface area contributed by atoms with E-state index in [4.69, 9.17) is 9.47 Å². The molecular weight excluding hydrogens is 445 g/mol. The average Bonchev–Trinajstić information content (AvgIpc) is 3.26. The number of carbonyl (C=O) groups is 1. The molecule has 184 valence electrons. The molecule has 0 amide bonds. The summed E-state index contributed by atoms with van der Waals surface area (Å²) in [5, 5.41) is 9.46. The average molecular weight is 478 g/mol. The smallest absolute Gasteiger partial charge is 0.257 e. The van der Waals surface area contributed by atoms with Crippen LogP contribution >= 0.6 is 0 Å². The Labute approximate surface area is 206 Å². The van der Waals surface area contributed by atoms with Gasteiger partial charge in [0.25, 0.3) is 6.36 Å². The summed E-state index contributed by atoms with van der Waals surface area (Å²) in [6.45, 7) is 11.3. The highest BCUT2D eigenvalue weighted by molar-refractivity contribution is 6.02. The summed E-state index contributed by atoms with van der Waals surface area (Å²) in [5.41, 5.74) is 2.42. The van der Waals surface area contributed by atoms with Crippen LogP contribution in [0, 0.1) is 17.2 Å². The molecule has 0 N–H and O–H groups in total. The lowest BCUT2D eigenvalue weighted by Crippen LogP contribution is -2.14. The molecule has 1 aromatic carbocycles. The van der Waals surface area contributed by atoms with Gasteiger partial charge in [-0.15, -0.1) is 0 Å². The molecule has 35 heavy (non-hydrogen) atoms. The van der Waals surface area contributed by atoms with Crippen LogP contribution < -0.4 is 9.47 Å². The molecule has 0 fully saturated rings. The lowest BCUT2D eigenvalue weighted by atomic mass is 9.87. The number of Topliss-reactive ketones (excluding diaryl/α,β-unsaturated/α-hetero) is 1. The number of halogens is 1. The summed E-state index contributed by atoms with van der Waals surface area (Å²) in [4.78, 5) is 17.6. The Balaban J connectivity index is 2.10. The van der Waals surface area contributed by atoms with Gasteiger partial charge in [0.2, 0.25) is 0 Å². The zero-order valence-electron chi connectivity index (χ0n) is 21.0. The Morgan fingerprint density at radius 2 is 2.03 bits per heavy atom. The zero-order valence-corrected chi connectivity index (χ0v) is 21.0. The number of carbonyl (C=O) groups excluding carboxylic acids is 1. The molecule has 0 saturated carbocycles. The number of nitrogens with zero attached hydrogens (tertiary/aromatic N) is 3. The van der Waals surface area contributed by atoms with Crippen LogP contribution in [0.4, 0.5) is 4.39 Å². The van der Waals surface area contributed by atoms with Crippen LogP contribution in [0.1, 0.15) is 62.9 Å². The minimum atomic E-state index is -1.78. The number of fused-ring (bicyclic) bond motifs is 1. The Bertz CT molecular complexity index is 1270. The van der Waals surface area contributed by atoms with Crippen LogP contribution in [-0.4, -0.2) is 28.6 Å². The van der Waals surface area contributed by atoms with Gasteiger partial charge in [-0.1, -0.05) is 26.8 Å². The van der Waals surface area contributed by atoms with E-state index in [0.29, 0.717) is 35.0 Å². The molecule has 0 aliphatic heterocycles. The largest absolute Gasteiger partial charge is 0.496 e. The highest BCUT2D eigenvalue weighted by Crippen LogP contribution is 2.37. The molecule has 3 aromatic rings. The van der Waals surface area contributed by atoms with Crippen LogP contribution in [0.15, 0.2) is 49.3 Å². The normalized spacial score (nSPS) is 12.4. The predicted molar refractivity (Wildman–Crippen MR) is 135 cm³/mol. The third-order valence-corrected chi connectivity index (χ3v) is 5.99. The molecule has 1 atom stereocenters. The van der Waals surface area contributed by atoms with Crippen LogP contribution in [0.3, 0.4) is 0 Å². The number of hydrogen-bond acceptors (Lipinski definition) is 5. The highest BCUT2D eigenvalue weighted by atomic mass is 19.1. The number of alkyl halides is 1. The van der Waals surface area contributed by atoms with Crippen LogP contribution in [0.5, 0.6) is 11.5 Å². The second-order valence-corrected chi connectivity index (χ2v) is 9.49. The van der Waals surface area contributed by atoms with Gasteiger partial charge in [0, 0.05) is 18.2 Å². The summed E-state index contributed by atoms with van der Waals surface area (Å²) in [7, 11) is 1.47. The first-order valence-corrected chi connectivity index (χ1v) is 11.7. The molecular formula is C28H32FN3O3. The van der Waals surface area contributed by atoms with Crippen molar-refractivity contribution in [1.29, 1.82) is 5.26 Å². The fourth-order valence-electron chi connectivity index (χ4n) is 3.88. The third kappa shape index (κ3) is 5.71. The summed E-state index contributed by atoms with van der Waals surface area (Å²) in [5.74, 6) is 0.717. The Hall–Kier alpha value is -3.66. The number of rotatable bonds is 11. The van der Waals surface area contributed by atoms with Crippen LogP contribution in [0.25, 0.3) is 16.9 Å². The number of methoxy groups -OCH3 is 1. The molecule has 1 unspecified atom stereocenters. The minimum absolute atomic E-state index is 0.0958. The van der Waals surface area contributed by atoms with Crippen LogP contribution in [0.2, 0.25) is 0 Å². The van der Waals surface area contributed by atoms with Crippen LogP contribution in [-0.2, 0) is 5.41 Å². The van der Waals surface area contributed by atoms with Crippen molar-refractivity contribution in [1.82, 2.24) is 9.38 Å². The molecule has 0 aliphatic rings. The van der Waals surface area contributed by atoms with Crippen molar-refractivity contribution < 1.29 is 18.7 Å². The van der Waals surface area contributed by atoms with Crippen molar-refractivity contribution in [2.75, 3.05) is 7.11 Å². The quantitative estimate of drug-likeness (QED) is 0.227. The number of ketones is 1. The fourth-order valence-corrected chi connectivity index (χ4v) is 3.88. The maximum absolute atomic E-state index is 14.2. The van der Waals surface area contributed by atoms with Crippen molar-refractivity contribution >= 4 is 11.4 Å². The van der Waals surface area contributed by atoms with Crippen molar-refractivity contribution in [2.45, 2.75) is 58.7 Å². The van der Waals surface area contributed by atoms with E-state index >= 15 is 0 Å². The van der Waals surface area contributed by atoms with Crippen molar-refractivity contribution in [3.63, 3.8) is 0 Å². The topological polar surface area (TPSA) is 76.6 Å². The summed E-state index contributed by atoms with van der Waals surface area (Å²) < 4.78 is 27.1. The van der Waals surface area contributed by atoms with Gasteiger partial charge in [-0.25, -0.2) is 4.98 Å². The minimum Gasteiger partial charge on any atom is -0.496 e. The van der Waals surface area contributed by atoms with Gasteiger partial charge in [-0.05, 0) is 62.1 Å². The first-order chi connectivity index (χ1) is 16.6. The van der Waals surface area contributed by atoms with Gasteiger partial charge in [0.15, 0.2) is 5.78 Å². The SMILES string of the molecule is C=CC(F)Oc1cc(-c2cnc3cc(C(C)(C)C#N)ccn23)cc(OC)c1C(=O)CCCC(C)C. The van der Waals surface area contributed by atoms with E-state index in [0.717, 1.165) is 24.5 Å². The highest BCUT2D eigenvalue weighted by Gasteiger charge is 2.24. The van der Waals surface area contributed by atoms with E-state index in [1.807, 2.05) is 36.6 Å². The van der Waals surface area contributed by atoms with E-state index in [-0.39, 0.29) is 17.1 Å². The molecule has 0 aliphatic carbocycles. The predicted octanol–water partition coefficient (Wildman–Crippen LogP) is 6.68. The standard InChI is InChI=1S/C28H32FN3O3/c1-7-25(29)35-24-14-19(13-23(34-6)27(24)22(33)10-8-9-18(2)3)21-16-31-26-15-20(11-12-32(21)26)28(4,5)17-30/h7,11-16,18,25H,1,8-10H2,2-6H3. The second kappa shape index (κ2) is 10.7. The lowest BCUT2D eigenvalue weighted by molar-refractivity contribution is 0.0940. The maximum atomic E-state index is 14.2. The van der Waals surface area contributed by atoms with E-state index in [1.54, 1.807) is 18.3 Å². The zero-order chi connectivity index (χ0) is 25.8. The lowest BCUT2D eigenvalue weighted by Gasteiger charge is -2.18. The van der Waals surface area contributed by atoms with Crippen molar-refractivity contribution in [3.05, 3.63) is 60.4 Å². The number of hydrogen-bond donors (Lipinski definition) is 0. The number of aromatic nitrogens is 2. The Morgan fingerprint density at radius 1 is 1.31 bits per heavy atom. The summed E-state index contributed by atoms with van der Waals surface area (Å²) in [6, 6.07) is 9.40. The van der Waals surface area contributed by atoms with Crippen molar-refractivity contribution in [3.8, 4) is 28.8 Å². The number of ether oxygens (including phenoxy) is 2. The third-order valence-electron chi connectivity index (χ3n) is 5.99. The molecule has 0 saturated heterocycles.